The van der Waals surface area contributed by atoms with Gasteiger partial charge in [-0.3, -0.25) is 4.79 Å². The summed E-state index contributed by atoms with van der Waals surface area (Å²) in [4.78, 5) is 13.7. The predicted octanol–water partition coefficient (Wildman–Crippen LogP) is 3.90. The molecule has 0 bridgehead atoms. The lowest BCUT2D eigenvalue weighted by atomic mass is 10.1. The van der Waals surface area contributed by atoms with Gasteiger partial charge in [-0.15, -0.1) is 0 Å². The minimum atomic E-state index is -4.49. The summed E-state index contributed by atoms with van der Waals surface area (Å²) in [6.45, 7) is 0.249. The fraction of sp³-hybridized carbons (Fsp3) is 0.316. The number of hydrogen-bond donors (Lipinski definition) is 0. The Morgan fingerprint density at radius 2 is 1.93 bits per heavy atom. The van der Waals surface area contributed by atoms with Crippen molar-refractivity contribution in [3.63, 3.8) is 0 Å². The fourth-order valence-corrected chi connectivity index (χ4v) is 2.80. The minimum absolute atomic E-state index is 0.0121. The molecule has 4 nitrogen and oxygen atoms in total. The van der Waals surface area contributed by atoms with Gasteiger partial charge in [0.05, 0.1) is 24.3 Å². The Labute approximate surface area is 157 Å². The summed E-state index contributed by atoms with van der Waals surface area (Å²) in [5, 5.41) is 0. The Balaban J connectivity index is 1.63. The van der Waals surface area contributed by atoms with Crippen molar-refractivity contribution >= 4 is 5.91 Å². The number of nitrogens with zero attached hydrogens (tertiary/aromatic N) is 1. The molecule has 0 saturated carbocycles. The first-order valence-corrected chi connectivity index (χ1v) is 8.40. The average Bonchev–Trinajstić information content (AvgIpc) is 2.68. The zero-order chi connectivity index (χ0) is 20.3. The molecule has 1 fully saturated rings. The quantitative estimate of drug-likeness (QED) is 0.730. The zero-order valence-electron chi connectivity index (χ0n) is 14.5. The van der Waals surface area contributed by atoms with Gasteiger partial charge in [-0.25, -0.2) is 8.78 Å². The molecular formula is C19H16F5NO3. The van der Waals surface area contributed by atoms with Gasteiger partial charge < -0.3 is 14.4 Å². The summed E-state index contributed by atoms with van der Waals surface area (Å²) < 4.78 is 76.2. The summed E-state index contributed by atoms with van der Waals surface area (Å²) in [6, 6.07) is 7.74. The molecule has 2 aromatic carbocycles. The summed E-state index contributed by atoms with van der Waals surface area (Å²) in [7, 11) is 0. The Hall–Kier alpha value is -2.68. The normalized spacial score (nSPS) is 17.5. The molecule has 1 aliphatic rings. The van der Waals surface area contributed by atoms with E-state index in [2.05, 4.69) is 0 Å². The van der Waals surface area contributed by atoms with E-state index in [1.165, 1.54) is 29.2 Å². The first kappa shape index (κ1) is 20.1. The maximum atomic E-state index is 13.8. The van der Waals surface area contributed by atoms with Crippen LogP contribution >= 0.6 is 0 Å². The van der Waals surface area contributed by atoms with E-state index in [4.69, 9.17) is 9.47 Å². The minimum Gasteiger partial charge on any atom is -0.491 e. The smallest absolute Gasteiger partial charge is 0.416 e. The summed E-state index contributed by atoms with van der Waals surface area (Å²) in [5.74, 6) is -3.03. The second-order valence-electron chi connectivity index (χ2n) is 6.18. The number of amides is 1. The lowest BCUT2D eigenvalue weighted by Crippen LogP contribution is -2.47. The van der Waals surface area contributed by atoms with Crippen LogP contribution in [0.3, 0.4) is 0 Å². The second kappa shape index (κ2) is 8.14. The van der Waals surface area contributed by atoms with Crippen LogP contribution in [0.5, 0.6) is 5.75 Å². The Morgan fingerprint density at radius 1 is 1.18 bits per heavy atom. The maximum Gasteiger partial charge on any atom is 0.416 e. The lowest BCUT2D eigenvalue weighted by molar-refractivity contribution is -0.137. The molecule has 0 spiro atoms. The van der Waals surface area contributed by atoms with Crippen molar-refractivity contribution < 1.29 is 36.2 Å². The molecule has 1 aliphatic heterocycles. The topological polar surface area (TPSA) is 38.8 Å². The third-order valence-corrected chi connectivity index (χ3v) is 4.21. The van der Waals surface area contributed by atoms with Crippen LogP contribution in [0, 0.1) is 11.6 Å². The van der Waals surface area contributed by atoms with Gasteiger partial charge in [0.2, 0.25) is 0 Å². The highest BCUT2D eigenvalue weighted by Gasteiger charge is 2.31. The number of alkyl halides is 3. The molecule has 1 heterocycles. The Bertz CT molecular complexity index is 856. The summed E-state index contributed by atoms with van der Waals surface area (Å²) >= 11 is 0. The largest absolute Gasteiger partial charge is 0.491 e. The standard InChI is InChI=1S/C19H16F5NO3/c20-16-6-2-5-15(17(16)21)18(26)25-7-8-27-14(10-25)11-28-13-4-1-3-12(9-13)19(22,23)24/h1-6,9,14H,7-8,10-11H2/t14-/m0/s1. The van der Waals surface area contributed by atoms with Crippen LogP contribution in [0.15, 0.2) is 42.5 Å². The first-order valence-electron chi connectivity index (χ1n) is 8.40. The van der Waals surface area contributed by atoms with E-state index in [1.54, 1.807) is 0 Å². The lowest BCUT2D eigenvalue weighted by Gasteiger charge is -2.33. The van der Waals surface area contributed by atoms with E-state index in [-0.39, 0.29) is 37.6 Å². The van der Waals surface area contributed by atoms with E-state index < -0.39 is 35.4 Å². The van der Waals surface area contributed by atoms with Gasteiger partial charge >= 0.3 is 6.18 Å². The molecule has 0 N–H and O–H groups in total. The second-order valence-corrected chi connectivity index (χ2v) is 6.18. The van der Waals surface area contributed by atoms with E-state index in [0.29, 0.717) is 0 Å². The van der Waals surface area contributed by atoms with Crippen molar-refractivity contribution in [3.05, 3.63) is 65.2 Å². The number of rotatable bonds is 4. The molecule has 2 aromatic rings. The Morgan fingerprint density at radius 3 is 2.68 bits per heavy atom. The van der Waals surface area contributed by atoms with E-state index in [0.717, 1.165) is 18.2 Å². The number of ether oxygens (including phenoxy) is 2. The molecule has 0 aliphatic carbocycles. The summed E-state index contributed by atoms with van der Waals surface area (Å²) in [6.07, 6.45) is -5.11. The van der Waals surface area contributed by atoms with Crippen LogP contribution in [0.25, 0.3) is 0 Å². The van der Waals surface area contributed by atoms with Crippen molar-refractivity contribution in [1.29, 1.82) is 0 Å². The van der Waals surface area contributed by atoms with Crippen molar-refractivity contribution in [3.8, 4) is 5.75 Å². The third-order valence-electron chi connectivity index (χ3n) is 4.21. The van der Waals surface area contributed by atoms with E-state index in [1.807, 2.05) is 0 Å². The number of halogens is 5. The number of benzene rings is 2. The average molecular weight is 401 g/mol. The number of carbonyl (C=O) groups is 1. The van der Waals surface area contributed by atoms with Crippen LogP contribution in [0.4, 0.5) is 22.0 Å². The van der Waals surface area contributed by atoms with Crippen molar-refractivity contribution in [2.45, 2.75) is 12.3 Å². The van der Waals surface area contributed by atoms with Gasteiger partial charge in [0, 0.05) is 6.54 Å². The van der Waals surface area contributed by atoms with Gasteiger partial charge in [-0.2, -0.15) is 13.2 Å². The number of morpholine rings is 1. The van der Waals surface area contributed by atoms with Gasteiger partial charge in [0.25, 0.3) is 5.91 Å². The maximum absolute atomic E-state index is 13.8. The number of carbonyl (C=O) groups excluding carboxylic acids is 1. The van der Waals surface area contributed by atoms with Crippen molar-refractivity contribution in [1.82, 2.24) is 4.90 Å². The van der Waals surface area contributed by atoms with Gasteiger partial charge in [0.1, 0.15) is 18.5 Å². The third kappa shape index (κ3) is 4.59. The molecule has 150 valence electrons. The molecule has 1 saturated heterocycles. The molecule has 1 amide bonds. The van der Waals surface area contributed by atoms with Crippen LogP contribution < -0.4 is 4.74 Å². The highest BCUT2D eigenvalue weighted by Crippen LogP contribution is 2.31. The highest BCUT2D eigenvalue weighted by atomic mass is 19.4. The van der Waals surface area contributed by atoms with Gasteiger partial charge in [-0.1, -0.05) is 12.1 Å². The molecule has 9 heteroatoms. The Kier molecular flexibility index (Phi) is 5.83. The molecular weight excluding hydrogens is 385 g/mol. The van der Waals surface area contributed by atoms with E-state index >= 15 is 0 Å². The highest BCUT2D eigenvalue weighted by molar-refractivity contribution is 5.94. The van der Waals surface area contributed by atoms with Crippen molar-refractivity contribution in [2.24, 2.45) is 0 Å². The molecule has 1 atom stereocenters. The summed E-state index contributed by atoms with van der Waals surface area (Å²) in [5.41, 5.74) is -1.23. The number of hydrogen-bond acceptors (Lipinski definition) is 3. The molecule has 28 heavy (non-hydrogen) atoms. The van der Waals surface area contributed by atoms with Crippen LogP contribution in [-0.4, -0.2) is 43.2 Å². The first-order chi connectivity index (χ1) is 13.3. The fourth-order valence-electron chi connectivity index (χ4n) is 2.80. The predicted molar refractivity (Wildman–Crippen MR) is 88.9 cm³/mol. The molecule has 0 unspecified atom stereocenters. The molecule has 3 rings (SSSR count). The van der Waals surface area contributed by atoms with Crippen LogP contribution in [-0.2, 0) is 10.9 Å². The van der Waals surface area contributed by atoms with Gasteiger partial charge in [-0.05, 0) is 30.3 Å². The zero-order valence-corrected chi connectivity index (χ0v) is 14.5. The van der Waals surface area contributed by atoms with Crippen molar-refractivity contribution in [2.75, 3.05) is 26.3 Å². The van der Waals surface area contributed by atoms with E-state index in [9.17, 15) is 26.7 Å². The SMILES string of the molecule is O=C(c1cccc(F)c1F)N1CCO[C@H](COc2cccc(C(F)(F)F)c2)C1. The van der Waals surface area contributed by atoms with Gasteiger partial charge in [0.15, 0.2) is 11.6 Å². The van der Waals surface area contributed by atoms with Crippen LogP contribution in [0.2, 0.25) is 0 Å². The molecule has 0 aromatic heterocycles. The monoisotopic (exact) mass is 401 g/mol. The van der Waals surface area contributed by atoms with Crippen LogP contribution in [0.1, 0.15) is 15.9 Å². The molecule has 0 radical (unpaired) electrons.